The zero-order valence-corrected chi connectivity index (χ0v) is 25.3. The standard InChI is InChI=1S/C32H46F2N8/c1-4-21-12-25(22-16-38-40(3)18-22)26(30(33)34)13-29(21)42(5-2)31(35)27-17-36-9-6-28(27)39-23-7-10-41(11-8-23)24-14-32(15-24)19-37-20-32/h12-13,16,18,23-24,30,35-37,39H,4-11,14-15,17,19-20H2,1-3H3. The van der Waals surface area contributed by atoms with Crippen molar-refractivity contribution in [3.8, 4) is 11.1 Å². The second-order valence-electron chi connectivity index (χ2n) is 12.7. The quantitative estimate of drug-likeness (QED) is 0.259. The van der Waals surface area contributed by atoms with Gasteiger partial charge in [0.25, 0.3) is 6.43 Å². The maximum absolute atomic E-state index is 14.4. The first-order valence-electron chi connectivity index (χ1n) is 15.7. The molecule has 0 atom stereocenters. The van der Waals surface area contributed by atoms with Crippen molar-refractivity contribution in [1.29, 1.82) is 5.41 Å². The van der Waals surface area contributed by atoms with Gasteiger partial charge in [-0.05, 0) is 67.7 Å². The van der Waals surface area contributed by atoms with Gasteiger partial charge in [0.05, 0.1) is 6.20 Å². The Labute approximate surface area is 248 Å². The second kappa shape index (κ2) is 12.1. The second-order valence-corrected chi connectivity index (χ2v) is 12.7. The molecule has 6 rings (SSSR count). The zero-order chi connectivity index (χ0) is 29.4. The number of nitrogens with one attached hydrogen (secondary N) is 4. The molecule has 0 radical (unpaired) electrons. The maximum Gasteiger partial charge on any atom is 0.264 e. The molecule has 4 aliphatic rings. The van der Waals surface area contributed by atoms with Crippen molar-refractivity contribution >= 4 is 11.5 Å². The molecule has 0 unspecified atom stereocenters. The van der Waals surface area contributed by atoms with E-state index in [1.165, 1.54) is 25.9 Å². The summed E-state index contributed by atoms with van der Waals surface area (Å²) >= 11 is 0. The summed E-state index contributed by atoms with van der Waals surface area (Å²) in [5.41, 5.74) is 5.50. The molecule has 3 fully saturated rings. The number of aromatic nitrogens is 2. The molecule has 4 heterocycles. The highest BCUT2D eigenvalue weighted by atomic mass is 19.3. The highest BCUT2D eigenvalue weighted by Gasteiger charge is 2.50. The highest BCUT2D eigenvalue weighted by Crippen LogP contribution is 2.47. The summed E-state index contributed by atoms with van der Waals surface area (Å²) < 4.78 is 30.5. The zero-order valence-electron chi connectivity index (χ0n) is 25.3. The summed E-state index contributed by atoms with van der Waals surface area (Å²) in [7, 11) is 1.79. The Morgan fingerprint density at radius 2 is 1.95 bits per heavy atom. The number of piperidine rings is 1. The van der Waals surface area contributed by atoms with E-state index in [-0.39, 0.29) is 5.56 Å². The molecule has 4 N–H and O–H groups in total. The molecule has 2 saturated heterocycles. The Morgan fingerprint density at radius 3 is 2.55 bits per heavy atom. The van der Waals surface area contributed by atoms with Crippen LogP contribution in [0.25, 0.3) is 11.1 Å². The number of halogens is 2. The van der Waals surface area contributed by atoms with Crippen LogP contribution in [0.4, 0.5) is 14.5 Å². The molecule has 2 aromatic rings. The number of nitrogens with zero attached hydrogens (tertiary/aromatic N) is 4. The van der Waals surface area contributed by atoms with E-state index in [0.29, 0.717) is 53.6 Å². The minimum absolute atomic E-state index is 0.0201. The van der Waals surface area contributed by atoms with Crippen LogP contribution in [0.5, 0.6) is 0 Å². The fraction of sp³-hybridized carbons (Fsp3) is 0.625. The van der Waals surface area contributed by atoms with E-state index in [0.717, 1.165) is 61.8 Å². The predicted molar refractivity (Wildman–Crippen MR) is 164 cm³/mol. The lowest BCUT2D eigenvalue weighted by Crippen LogP contribution is -2.66. The van der Waals surface area contributed by atoms with Gasteiger partial charge < -0.3 is 25.8 Å². The lowest BCUT2D eigenvalue weighted by Gasteiger charge is -2.58. The van der Waals surface area contributed by atoms with Crippen LogP contribution < -0.4 is 20.9 Å². The van der Waals surface area contributed by atoms with Crippen LogP contribution in [0.3, 0.4) is 0 Å². The third-order valence-electron chi connectivity index (χ3n) is 10.0. The van der Waals surface area contributed by atoms with Crippen molar-refractivity contribution in [3.05, 3.63) is 46.9 Å². The van der Waals surface area contributed by atoms with E-state index in [1.807, 2.05) is 24.8 Å². The SMILES string of the molecule is CCc1cc(-c2cnn(C)c2)c(C(F)F)cc1N(CC)C(=N)C1=C(NC2CCN(C3CC4(CNC4)C3)CC2)CCNC1. The number of anilines is 1. The van der Waals surface area contributed by atoms with Crippen molar-refractivity contribution in [2.75, 3.05) is 50.7 Å². The van der Waals surface area contributed by atoms with Crippen LogP contribution in [0.2, 0.25) is 0 Å². The van der Waals surface area contributed by atoms with Gasteiger partial charge in [-0.15, -0.1) is 0 Å². The molecule has 1 aliphatic carbocycles. The van der Waals surface area contributed by atoms with Crippen molar-refractivity contribution in [2.45, 2.75) is 70.9 Å². The number of amidine groups is 1. The first kappa shape index (κ1) is 29.3. The molecular formula is C32H46F2N8. The number of aryl methyl sites for hydroxylation is 2. The summed E-state index contributed by atoms with van der Waals surface area (Å²) in [5.74, 6) is 0.391. The van der Waals surface area contributed by atoms with Crippen LogP contribution in [0.1, 0.15) is 63.5 Å². The normalized spacial score (nSPS) is 21.5. The molecule has 0 amide bonds. The first-order valence-corrected chi connectivity index (χ1v) is 15.7. The number of alkyl halides is 2. The average molecular weight is 581 g/mol. The summed E-state index contributed by atoms with van der Waals surface area (Å²) in [4.78, 5) is 4.61. The minimum atomic E-state index is -2.63. The van der Waals surface area contributed by atoms with Crippen LogP contribution in [-0.4, -0.2) is 78.4 Å². The largest absolute Gasteiger partial charge is 0.385 e. The Bertz CT molecular complexity index is 1310. The topological polar surface area (TPSA) is 84.2 Å². The fourth-order valence-electron chi connectivity index (χ4n) is 7.48. The van der Waals surface area contributed by atoms with Gasteiger partial charge >= 0.3 is 0 Å². The first-order chi connectivity index (χ1) is 20.3. The summed E-state index contributed by atoms with van der Waals surface area (Å²) in [6.45, 7) is 10.7. The van der Waals surface area contributed by atoms with Gasteiger partial charge in [-0.2, -0.15) is 5.10 Å². The number of benzene rings is 1. The molecule has 1 aromatic carbocycles. The maximum atomic E-state index is 14.4. The monoisotopic (exact) mass is 580 g/mol. The van der Waals surface area contributed by atoms with Crippen molar-refractivity contribution < 1.29 is 8.78 Å². The van der Waals surface area contributed by atoms with Crippen molar-refractivity contribution in [2.24, 2.45) is 12.5 Å². The highest BCUT2D eigenvalue weighted by molar-refractivity contribution is 6.09. The van der Waals surface area contributed by atoms with Gasteiger partial charge in [0.1, 0.15) is 5.84 Å². The molecule has 1 saturated carbocycles. The molecule has 228 valence electrons. The van der Waals surface area contributed by atoms with Crippen LogP contribution >= 0.6 is 0 Å². The Morgan fingerprint density at radius 1 is 1.19 bits per heavy atom. The molecule has 1 aromatic heterocycles. The van der Waals surface area contributed by atoms with Gasteiger partial charge in [-0.25, -0.2) is 8.78 Å². The molecule has 3 aliphatic heterocycles. The number of likely N-dealkylation sites (tertiary alicyclic amines) is 1. The van der Waals surface area contributed by atoms with Crippen molar-refractivity contribution in [3.63, 3.8) is 0 Å². The van der Waals surface area contributed by atoms with E-state index < -0.39 is 6.43 Å². The van der Waals surface area contributed by atoms with E-state index in [2.05, 4.69) is 25.9 Å². The van der Waals surface area contributed by atoms with Gasteiger partial charge in [-0.3, -0.25) is 10.1 Å². The molecule has 1 spiro atoms. The van der Waals surface area contributed by atoms with Gasteiger partial charge in [0.2, 0.25) is 0 Å². The summed E-state index contributed by atoms with van der Waals surface area (Å²) in [6.07, 6.45) is 7.22. The minimum Gasteiger partial charge on any atom is -0.385 e. The van der Waals surface area contributed by atoms with Gasteiger partial charge in [0, 0.05) is 106 Å². The van der Waals surface area contributed by atoms with E-state index in [1.54, 1.807) is 30.2 Å². The molecule has 10 heteroatoms. The average Bonchev–Trinajstić information content (AvgIpc) is 3.38. The lowest BCUT2D eigenvalue weighted by molar-refractivity contribution is -0.0438. The third-order valence-corrected chi connectivity index (χ3v) is 10.0. The smallest absolute Gasteiger partial charge is 0.264 e. The van der Waals surface area contributed by atoms with Crippen LogP contribution in [0, 0.1) is 10.8 Å². The summed E-state index contributed by atoms with van der Waals surface area (Å²) in [5, 5.41) is 24.3. The van der Waals surface area contributed by atoms with Gasteiger partial charge in [0.15, 0.2) is 0 Å². The summed E-state index contributed by atoms with van der Waals surface area (Å²) in [6, 6.07) is 4.63. The molecular weight excluding hydrogens is 534 g/mol. The third kappa shape index (κ3) is 5.61. The number of hydrogen-bond donors (Lipinski definition) is 4. The van der Waals surface area contributed by atoms with Crippen molar-refractivity contribution in [1.82, 2.24) is 30.6 Å². The van der Waals surface area contributed by atoms with E-state index >= 15 is 0 Å². The molecule has 0 bridgehead atoms. The Kier molecular flexibility index (Phi) is 8.40. The molecule has 8 nitrogen and oxygen atoms in total. The van der Waals surface area contributed by atoms with Crippen LogP contribution in [0.15, 0.2) is 35.8 Å². The number of likely N-dealkylation sites (N-methyl/N-ethyl adjacent to an activating group) is 1. The number of rotatable bonds is 9. The Balaban J connectivity index is 1.20. The number of hydrogen-bond acceptors (Lipinski definition) is 6. The van der Waals surface area contributed by atoms with E-state index in [9.17, 15) is 14.2 Å². The molecule has 42 heavy (non-hydrogen) atoms. The predicted octanol–water partition coefficient (Wildman–Crippen LogP) is 4.44. The fourth-order valence-corrected chi connectivity index (χ4v) is 7.48. The Hall–Kier alpha value is -2.82. The van der Waals surface area contributed by atoms with Crippen LogP contribution in [-0.2, 0) is 13.5 Å². The van der Waals surface area contributed by atoms with Gasteiger partial charge in [-0.1, -0.05) is 6.92 Å². The van der Waals surface area contributed by atoms with E-state index in [4.69, 9.17) is 0 Å². The lowest BCUT2D eigenvalue weighted by atomic mass is 9.61.